The number of hydrogen-bond acceptors (Lipinski definition) is 4. The lowest BCUT2D eigenvalue weighted by Gasteiger charge is -2.18. The van der Waals surface area contributed by atoms with Crippen molar-refractivity contribution >= 4 is 11.3 Å². The maximum Gasteiger partial charge on any atom is 0.160 e. The third-order valence-electron chi connectivity index (χ3n) is 3.56. The Morgan fingerprint density at radius 3 is 2.48 bits per heavy atom. The zero-order valence-electron chi connectivity index (χ0n) is 13.1. The fourth-order valence-corrected chi connectivity index (χ4v) is 3.49. The van der Waals surface area contributed by atoms with Crippen LogP contribution in [-0.2, 0) is 6.42 Å². The summed E-state index contributed by atoms with van der Waals surface area (Å²) < 4.78 is 10.7. The highest BCUT2D eigenvalue weighted by molar-refractivity contribution is 7.10. The first-order chi connectivity index (χ1) is 10.2. The molecule has 1 unspecified atom stereocenters. The average Bonchev–Trinajstić information content (AvgIpc) is 2.92. The van der Waals surface area contributed by atoms with Crippen LogP contribution >= 0.6 is 11.3 Å². The first kappa shape index (κ1) is 15.9. The molecule has 0 fully saturated rings. The molecule has 0 saturated heterocycles. The van der Waals surface area contributed by atoms with E-state index < -0.39 is 0 Å². The van der Waals surface area contributed by atoms with Gasteiger partial charge in [0.1, 0.15) is 0 Å². The summed E-state index contributed by atoms with van der Waals surface area (Å²) in [7, 11) is 3.33. The van der Waals surface area contributed by atoms with Gasteiger partial charge in [-0.15, -0.1) is 11.3 Å². The lowest BCUT2D eigenvalue weighted by Crippen LogP contribution is -2.22. The maximum atomic E-state index is 5.39. The van der Waals surface area contributed by atoms with Crippen LogP contribution in [0.15, 0.2) is 29.6 Å². The summed E-state index contributed by atoms with van der Waals surface area (Å²) in [5, 5.41) is 5.74. The highest BCUT2D eigenvalue weighted by atomic mass is 32.1. The zero-order chi connectivity index (χ0) is 15.2. The number of nitrogens with one attached hydrogen (secondary N) is 1. The molecule has 0 bridgehead atoms. The van der Waals surface area contributed by atoms with Crippen molar-refractivity contribution in [3.8, 4) is 11.5 Å². The molecule has 2 aromatic rings. The molecule has 114 valence electrons. The number of hydrogen-bond donors (Lipinski definition) is 1. The lowest BCUT2D eigenvalue weighted by molar-refractivity contribution is 0.354. The van der Waals surface area contributed by atoms with Crippen LogP contribution in [0, 0.1) is 6.92 Å². The van der Waals surface area contributed by atoms with Crippen molar-refractivity contribution in [3.63, 3.8) is 0 Å². The van der Waals surface area contributed by atoms with Crippen LogP contribution < -0.4 is 14.8 Å². The minimum absolute atomic E-state index is 0.341. The number of methoxy groups -OCH3 is 2. The molecule has 1 N–H and O–H groups in total. The van der Waals surface area contributed by atoms with Gasteiger partial charge in [-0.25, -0.2) is 0 Å². The zero-order valence-corrected chi connectivity index (χ0v) is 13.9. The van der Waals surface area contributed by atoms with E-state index >= 15 is 0 Å². The number of thiophene rings is 1. The van der Waals surface area contributed by atoms with Crippen LogP contribution in [-0.4, -0.2) is 20.8 Å². The molecule has 0 aliphatic rings. The van der Waals surface area contributed by atoms with E-state index in [0.29, 0.717) is 6.04 Å². The fraction of sp³-hybridized carbons (Fsp3) is 0.412. The van der Waals surface area contributed by atoms with Crippen molar-refractivity contribution in [3.05, 3.63) is 45.6 Å². The van der Waals surface area contributed by atoms with Gasteiger partial charge >= 0.3 is 0 Å². The second kappa shape index (κ2) is 7.48. The van der Waals surface area contributed by atoms with Gasteiger partial charge < -0.3 is 14.8 Å². The van der Waals surface area contributed by atoms with E-state index in [1.807, 2.05) is 17.4 Å². The van der Waals surface area contributed by atoms with Crippen LogP contribution in [0.3, 0.4) is 0 Å². The average molecular weight is 305 g/mol. The molecular formula is C17H23NO2S. The molecule has 1 aromatic heterocycles. The summed E-state index contributed by atoms with van der Waals surface area (Å²) in [4.78, 5) is 1.41. The summed E-state index contributed by atoms with van der Waals surface area (Å²) >= 11 is 1.82. The van der Waals surface area contributed by atoms with E-state index in [1.165, 1.54) is 16.0 Å². The number of ether oxygens (including phenoxy) is 2. The van der Waals surface area contributed by atoms with Crippen molar-refractivity contribution in [1.29, 1.82) is 0 Å². The topological polar surface area (TPSA) is 30.5 Å². The van der Waals surface area contributed by atoms with Crippen molar-refractivity contribution in [2.75, 3.05) is 20.8 Å². The van der Waals surface area contributed by atoms with Gasteiger partial charge in [0, 0.05) is 10.9 Å². The third-order valence-corrected chi connectivity index (χ3v) is 4.69. The Labute approximate surface area is 130 Å². The van der Waals surface area contributed by atoms with Gasteiger partial charge in [0.2, 0.25) is 0 Å². The highest BCUT2D eigenvalue weighted by Crippen LogP contribution is 2.31. The van der Waals surface area contributed by atoms with E-state index in [1.54, 1.807) is 14.2 Å². The summed E-state index contributed by atoms with van der Waals surface area (Å²) in [6.07, 6.45) is 0.940. The maximum absolute atomic E-state index is 5.39. The molecule has 4 heteroatoms. The Hall–Kier alpha value is -1.52. The Kier molecular flexibility index (Phi) is 5.65. The second-order valence-corrected chi connectivity index (χ2v) is 5.92. The number of aryl methyl sites for hydroxylation is 1. The summed E-state index contributed by atoms with van der Waals surface area (Å²) in [6, 6.07) is 8.66. The molecule has 3 nitrogen and oxygen atoms in total. The number of rotatable bonds is 7. The summed E-state index contributed by atoms with van der Waals surface area (Å²) in [5.74, 6) is 1.56. The molecule has 1 heterocycles. The summed E-state index contributed by atoms with van der Waals surface area (Å²) in [6.45, 7) is 5.27. The van der Waals surface area contributed by atoms with E-state index in [0.717, 1.165) is 24.5 Å². The Morgan fingerprint density at radius 2 is 1.90 bits per heavy atom. The predicted molar refractivity (Wildman–Crippen MR) is 88.7 cm³/mol. The van der Waals surface area contributed by atoms with Gasteiger partial charge in [0.25, 0.3) is 0 Å². The van der Waals surface area contributed by atoms with Crippen molar-refractivity contribution in [2.45, 2.75) is 26.3 Å². The molecule has 0 saturated carbocycles. The third kappa shape index (κ3) is 3.77. The van der Waals surface area contributed by atoms with Crippen molar-refractivity contribution in [2.24, 2.45) is 0 Å². The van der Waals surface area contributed by atoms with Gasteiger partial charge in [-0.05, 0) is 54.6 Å². The molecule has 0 spiro atoms. The fourth-order valence-electron chi connectivity index (χ4n) is 2.49. The van der Waals surface area contributed by atoms with Crippen LogP contribution in [0.25, 0.3) is 0 Å². The molecule has 1 atom stereocenters. The van der Waals surface area contributed by atoms with Crippen LogP contribution in [0.1, 0.15) is 29.0 Å². The van der Waals surface area contributed by atoms with Gasteiger partial charge in [0.05, 0.1) is 14.2 Å². The molecule has 2 rings (SSSR count). The minimum Gasteiger partial charge on any atom is -0.493 e. The second-order valence-electron chi connectivity index (χ2n) is 4.97. The van der Waals surface area contributed by atoms with Crippen molar-refractivity contribution in [1.82, 2.24) is 5.32 Å². The Balaban J connectivity index is 2.23. The lowest BCUT2D eigenvalue weighted by atomic mass is 10.0. The van der Waals surface area contributed by atoms with Crippen LogP contribution in [0.2, 0.25) is 0 Å². The van der Waals surface area contributed by atoms with Gasteiger partial charge in [-0.1, -0.05) is 13.0 Å². The first-order valence-corrected chi connectivity index (χ1v) is 8.05. The number of likely N-dealkylation sites (N-methyl/N-ethyl adjacent to an activating group) is 1. The van der Waals surface area contributed by atoms with Crippen LogP contribution in [0.5, 0.6) is 11.5 Å². The molecule has 0 amide bonds. The SMILES string of the molecule is CCNC(Cc1ccc(OC)c(OC)c1)c1sccc1C. The van der Waals surface area contributed by atoms with Crippen LogP contribution in [0.4, 0.5) is 0 Å². The highest BCUT2D eigenvalue weighted by Gasteiger charge is 2.16. The molecule has 0 aliphatic heterocycles. The largest absolute Gasteiger partial charge is 0.493 e. The smallest absolute Gasteiger partial charge is 0.160 e. The number of benzene rings is 1. The van der Waals surface area contributed by atoms with Gasteiger partial charge in [-0.2, -0.15) is 0 Å². The standard InChI is InChI=1S/C17H23NO2S/c1-5-18-14(17-12(2)8-9-21-17)10-13-6-7-15(19-3)16(11-13)20-4/h6-9,11,14,18H,5,10H2,1-4H3. The normalized spacial score (nSPS) is 12.2. The Morgan fingerprint density at radius 1 is 1.14 bits per heavy atom. The Bertz CT molecular complexity index is 580. The van der Waals surface area contributed by atoms with E-state index in [2.05, 4.69) is 42.7 Å². The molecule has 0 radical (unpaired) electrons. The molecule has 1 aromatic carbocycles. The molecule has 21 heavy (non-hydrogen) atoms. The van der Waals surface area contributed by atoms with Gasteiger partial charge in [-0.3, -0.25) is 0 Å². The first-order valence-electron chi connectivity index (χ1n) is 7.17. The molecular weight excluding hydrogens is 282 g/mol. The van der Waals surface area contributed by atoms with E-state index in [4.69, 9.17) is 9.47 Å². The monoisotopic (exact) mass is 305 g/mol. The van der Waals surface area contributed by atoms with Crippen molar-refractivity contribution < 1.29 is 9.47 Å². The predicted octanol–water partition coefficient (Wildman–Crippen LogP) is 3.97. The quantitative estimate of drug-likeness (QED) is 0.839. The van der Waals surface area contributed by atoms with E-state index in [9.17, 15) is 0 Å². The summed E-state index contributed by atoms with van der Waals surface area (Å²) in [5.41, 5.74) is 2.60. The van der Waals surface area contributed by atoms with E-state index in [-0.39, 0.29) is 0 Å². The van der Waals surface area contributed by atoms with Gasteiger partial charge in [0.15, 0.2) is 11.5 Å². The molecule has 0 aliphatic carbocycles. The minimum atomic E-state index is 0.341.